The van der Waals surface area contributed by atoms with Gasteiger partial charge in [-0.2, -0.15) is 0 Å². The highest BCUT2D eigenvalue weighted by atomic mass is 35.5. The molecule has 1 aromatic heterocycles. The molecule has 0 spiro atoms. The number of benzene rings is 1. The molecule has 2 unspecified atom stereocenters. The van der Waals surface area contributed by atoms with Crippen molar-refractivity contribution in [3.63, 3.8) is 0 Å². The van der Waals surface area contributed by atoms with Crippen molar-refractivity contribution >= 4 is 23.2 Å². The van der Waals surface area contributed by atoms with Crippen LogP contribution in [0.15, 0.2) is 42.7 Å². The summed E-state index contributed by atoms with van der Waals surface area (Å²) in [7, 11) is 0. The first-order chi connectivity index (χ1) is 9.58. The average Bonchev–Trinajstić information content (AvgIpc) is 2.47. The second-order valence-corrected chi connectivity index (χ2v) is 5.44. The van der Waals surface area contributed by atoms with Crippen LogP contribution >= 0.6 is 23.2 Å². The van der Waals surface area contributed by atoms with E-state index >= 15 is 0 Å². The number of aliphatic hydroxyl groups excluding tert-OH is 1. The largest absolute Gasteiger partial charge is 0.387 e. The van der Waals surface area contributed by atoms with Crippen LogP contribution in [0.4, 0.5) is 0 Å². The Morgan fingerprint density at radius 3 is 2.80 bits per heavy atom. The monoisotopic (exact) mass is 310 g/mol. The molecule has 1 heterocycles. The van der Waals surface area contributed by atoms with E-state index in [4.69, 9.17) is 23.2 Å². The third-order valence-corrected chi connectivity index (χ3v) is 3.70. The Morgan fingerprint density at radius 2 is 2.10 bits per heavy atom. The molecule has 0 bridgehead atoms. The van der Waals surface area contributed by atoms with Crippen LogP contribution < -0.4 is 5.32 Å². The summed E-state index contributed by atoms with van der Waals surface area (Å²) >= 11 is 12.0. The highest BCUT2D eigenvalue weighted by Gasteiger charge is 2.14. The van der Waals surface area contributed by atoms with Crippen LogP contribution in [0.1, 0.15) is 30.2 Å². The number of rotatable bonds is 5. The molecule has 0 fully saturated rings. The molecule has 0 aliphatic rings. The number of aromatic nitrogens is 1. The number of pyridine rings is 1. The van der Waals surface area contributed by atoms with Gasteiger partial charge in [-0.15, -0.1) is 0 Å². The van der Waals surface area contributed by atoms with Crippen LogP contribution in [0.2, 0.25) is 10.0 Å². The van der Waals surface area contributed by atoms with Gasteiger partial charge in [-0.25, -0.2) is 0 Å². The minimum absolute atomic E-state index is 0.0938. The molecule has 0 aliphatic heterocycles. The molecule has 2 N–H and O–H groups in total. The molecule has 2 aromatic rings. The molecule has 2 atom stereocenters. The fourth-order valence-electron chi connectivity index (χ4n) is 1.92. The Labute approximate surface area is 128 Å². The lowest BCUT2D eigenvalue weighted by molar-refractivity contribution is 0.171. The van der Waals surface area contributed by atoms with Crippen LogP contribution in [-0.2, 0) is 0 Å². The van der Waals surface area contributed by atoms with Crippen molar-refractivity contribution < 1.29 is 5.11 Å². The summed E-state index contributed by atoms with van der Waals surface area (Å²) in [5.74, 6) is 0. The van der Waals surface area contributed by atoms with Gasteiger partial charge in [-0.3, -0.25) is 4.98 Å². The van der Waals surface area contributed by atoms with Gasteiger partial charge in [-0.1, -0.05) is 29.3 Å². The van der Waals surface area contributed by atoms with Gasteiger partial charge in [-0.05, 0) is 36.8 Å². The van der Waals surface area contributed by atoms with Gasteiger partial charge in [0.2, 0.25) is 0 Å². The SMILES string of the molecule is CC(NCC(O)c1cc(Cl)ccc1Cl)c1cccnc1. The first kappa shape index (κ1) is 15.3. The summed E-state index contributed by atoms with van der Waals surface area (Å²) in [5, 5.41) is 14.5. The van der Waals surface area contributed by atoms with E-state index in [0.717, 1.165) is 5.56 Å². The number of halogens is 2. The summed E-state index contributed by atoms with van der Waals surface area (Å²) in [6, 6.07) is 9.04. The van der Waals surface area contributed by atoms with Crippen molar-refractivity contribution in [1.29, 1.82) is 0 Å². The number of hydrogen-bond acceptors (Lipinski definition) is 3. The fourth-order valence-corrected chi connectivity index (χ4v) is 2.34. The van der Waals surface area contributed by atoms with Crippen LogP contribution in [0.25, 0.3) is 0 Å². The van der Waals surface area contributed by atoms with Gasteiger partial charge in [0.25, 0.3) is 0 Å². The fraction of sp³-hybridized carbons (Fsp3) is 0.267. The van der Waals surface area contributed by atoms with E-state index in [2.05, 4.69) is 10.3 Å². The normalized spacial score (nSPS) is 14.0. The predicted molar refractivity (Wildman–Crippen MR) is 82.1 cm³/mol. The van der Waals surface area contributed by atoms with E-state index in [1.54, 1.807) is 30.6 Å². The Morgan fingerprint density at radius 1 is 1.30 bits per heavy atom. The van der Waals surface area contributed by atoms with Crippen molar-refractivity contribution in [3.8, 4) is 0 Å². The Bertz CT molecular complexity index is 563. The molecule has 1 aromatic carbocycles. The maximum atomic E-state index is 10.2. The molecule has 106 valence electrons. The molecular weight excluding hydrogens is 295 g/mol. The van der Waals surface area contributed by atoms with Gasteiger partial charge in [0.05, 0.1) is 6.10 Å². The van der Waals surface area contributed by atoms with Crippen LogP contribution in [-0.4, -0.2) is 16.6 Å². The second-order valence-electron chi connectivity index (χ2n) is 4.60. The zero-order chi connectivity index (χ0) is 14.5. The number of hydrogen-bond donors (Lipinski definition) is 2. The maximum absolute atomic E-state index is 10.2. The molecule has 3 nitrogen and oxygen atoms in total. The minimum atomic E-state index is -0.708. The molecule has 0 radical (unpaired) electrons. The summed E-state index contributed by atoms with van der Waals surface area (Å²) < 4.78 is 0. The van der Waals surface area contributed by atoms with Crippen LogP contribution in [0.3, 0.4) is 0 Å². The molecular formula is C15H16Cl2N2O. The maximum Gasteiger partial charge on any atom is 0.0929 e. The predicted octanol–water partition coefficient (Wildman–Crippen LogP) is 3.77. The van der Waals surface area contributed by atoms with E-state index in [1.807, 2.05) is 19.1 Å². The highest BCUT2D eigenvalue weighted by molar-refractivity contribution is 6.33. The van der Waals surface area contributed by atoms with Gasteiger partial charge >= 0.3 is 0 Å². The lowest BCUT2D eigenvalue weighted by atomic mass is 10.1. The Balaban J connectivity index is 1.98. The van der Waals surface area contributed by atoms with E-state index in [0.29, 0.717) is 22.2 Å². The average molecular weight is 311 g/mol. The minimum Gasteiger partial charge on any atom is -0.387 e. The second kappa shape index (κ2) is 7.04. The van der Waals surface area contributed by atoms with Crippen molar-refractivity contribution in [2.24, 2.45) is 0 Å². The van der Waals surface area contributed by atoms with E-state index < -0.39 is 6.10 Å². The Kier molecular flexibility index (Phi) is 5.38. The first-order valence-corrected chi connectivity index (χ1v) is 7.10. The van der Waals surface area contributed by atoms with Gasteiger partial charge in [0, 0.05) is 40.6 Å². The number of nitrogens with zero attached hydrogens (tertiary/aromatic N) is 1. The summed E-state index contributed by atoms with van der Waals surface area (Å²) in [5.41, 5.74) is 1.70. The lowest BCUT2D eigenvalue weighted by Gasteiger charge is -2.18. The first-order valence-electron chi connectivity index (χ1n) is 6.34. The van der Waals surface area contributed by atoms with E-state index in [-0.39, 0.29) is 6.04 Å². The zero-order valence-corrected chi connectivity index (χ0v) is 12.6. The summed E-state index contributed by atoms with van der Waals surface area (Å²) in [6.07, 6.45) is 2.83. The van der Waals surface area contributed by atoms with E-state index in [1.165, 1.54) is 0 Å². The number of nitrogens with one attached hydrogen (secondary N) is 1. The topological polar surface area (TPSA) is 45.1 Å². The lowest BCUT2D eigenvalue weighted by Crippen LogP contribution is -2.24. The number of aliphatic hydroxyl groups is 1. The Hall–Kier alpha value is -1.13. The smallest absolute Gasteiger partial charge is 0.0929 e. The van der Waals surface area contributed by atoms with Crippen molar-refractivity contribution in [2.75, 3.05) is 6.54 Å². The molecule has 0 saturated carbocycles. The van der Waals surface area contributed by atoms with E-state index in [9.17, 15) is 5.11 Å². The molecule has 0 amide bonds. The van der Waals surface area contributed by atoms with Gasteiger partial charge in [0.1, 0.15) is 0 Å². The van der Waals surface area contributed by atoms with Crippen molar-refractivity contribution in [2.45, 2.75) is 19.1 Å². The molecule has 0 saturated heterocycles. The van der Waals surface area contributed by atoms with Crippen LogP contribution in [0, 0.1) is 0 Å². The third-order valence-electron chi connectivity index (χ3n) is 3.12. The van der Waals surface area contributed by atoms with Crippen LogP contribution in [0.5, 0.6) is 0 Å². The highest BCUT2D eigenvalue weighted by Crippen LogP contribution is 2.26. The van der Waals surface area contributed by atoms with Gasteiger partial charge < -0.3 is 10.4 Å². The third kappa shape index (κ3) is 3.93. The van der Waals surface area contributed by atoms with Gasteiger partial charge in [0.15, 0.2) is 0 Å². The van der Waals surface area contributed by atoms with Crippen molar-refractivity contribution in [3.05, 3.63) is 63.9 Å². The van der Waals surface area contributed by atoms with Crippen molar-refractivity contribution in [1.82, 2.24) is 10.3 Å². The quantitative estimate of drug-likeness (QED) is 0.883. The summed E-state index contributed by atoms with van der Waals surface area (Å²) in [4.78, 5) is 4.08. The molecule has 0 aliphatic carbocycles. The summed E-state index contributed by atoms with van der Waals surface area (Å²) in [6.45, 7) is 2.40. The standard InChI is InChI=1S/C15H16Cl2N2O/c1-10(11-3-2-6-18-8-11)19-9-15(20)13-7-12(16)4-5-14(13)17/h2-8,10,15,19-20H,9H2,1H3. The zero-order valence-electron chi connectivity index (χ0n) is 11.1. The molecule has 20 heavy (non-hydrogen) atoms. The molecule has 2 rings (SSSR count). The molecule has 5 heteroatoms.